The predicted molar refractivity (Wildman–Crippen MR) is 213 cm³/mol. The summed E-state index contributed by atoms with van der Waals surface area (Å²) in [5, 5.41) is 2.74. The van der Waals surface area contributed by atoms with Gasteiger partial charge in [-0.2, -0.15) is 0 Å². The van der Waals surface area contributed by atoms with Crippen LogP contribution in [0.25, 0.3) is 32.9 Å². The Bertz CT molecular complexity index is 2230. The van der Waals surface area contributed by atoms with Crippen LogP contribution in [0.4, 0.5) is 0 Å². The van der Waals surface area contributed by atoms with Crippen molar-refractivity contribution >= 4 is 21.8 Å². The zero-order valence-electron chi connectivity index (χ0n) is 30.4. The molecule has 11 rings (SSSR count). The van der Waals surface area contributed by atoms with Gasteiger partial charge in [0.15, 0.2) is 0 Å². The third-order valence-corrected chi connectivity index (χ3v) is 14.3. The third kappa shape index (κ3) is 4.67. The van der Waals surface area contributed by atoms with Crippen LogP contribution in [0.15, 0.2) is 120 Å². The van der Waals surface area contributed by atoms with Crippen molar-refractivity contribution in [2.75, 3.05) is 0 Å². The quantitative estimate of drug-likeness (QED) is 0.200. The van der Waals surface area contributed by atoms with Gasteiger partial charge in [-0.15, -0.1) is 0 Å². The molecule has 1 saturated carbocycles. The second-order valence-electron chi connectivity index (χ2n) is 16.9. The molecule has 3 aromatic carbocycles. The number of fused-ring (bicyclic) bond motifs is 10. The lowest BCUT2D eigenvalue weighted by Gasteiger charge is -2.61. The van der Waals surface area contributed by atoms with Gasteiger partial charge in [-0.05, 0) is 129 Å². The van der Waals surface area contributed by atoms with Crippen molar-refractivity contribution in [1.82, 2.24) is 4.57 Å². The molecule has 2 aliphatic heterocycles. The molecule has 3 nitrogen and oxygen atoms in total. The van der Waals surface area contributed by atoms with Gasteiger partial charge in [0.2, 0.25) is 0 Å². The zero-order valence-corrected chi connectivity index (χ0v) is 30.4. The summed E-state index contributed by atoms with van der Waals surface area (Å²) >= 11 is 0. The molecule has 0 bridgehead atoms. The van der Waals surface area contributed by atoms with Crippen molar-refractivity contribution in [3.63, 3.8) is 0 Å². The molecule has 1 spiro atoms. The smallest absolute Gasteiger partial charge is 0.131 e. The molecule has 7 atom stereocenters. The minimum Gasteiger partial charge on any atom is -0.461 e. The van der Waals surface area contributed by atoms with Crippen molar-refractivity contribution in [3.05, 3.63) is 126 Å². The van der Waals surface area contributed by atoms with Gasteiger partial charge in [0, 0.05) is 39.6 Å². The number of ether oxygens (including phenoxy) is 2. The molecule has 0 amide bonds. The summed E-state index contributed by atoms with van der Waals surface area (Å²) in [6.07, 6.45) is 34.3. The summed E-state index contributed by atoms with van der Waals surface area (Å²) in [5.74, 6) is 3.73. The number of hydrogen-bond acceptors (Lipinski definition) is 2. The van der Waals surface area contributed by atoms with E-state index in [-0.39, 0.29) is 11.5 Å². The Morgan fingerprint density at radius 2 is 1.65 bits per heavy atom. The van der Waals surface area contributed by atoms with Crippen LogP contribution < -0.4 is 4.74 Å². The van der Waals surface area contributed by atoms with E-state index in [0.717, 1.165) is 31.4 Å². The highest BCUT2D eigenvalue weighted by Gasteiger charge is 2.61. The van der Waals surface area contributed by atoms with Gasteiger partial charge in [-0.25, -0.2) is 0 Å². The van der Waals surface area contributed by atoms with Crippen molar-refractivity contribution < 1.29 is 9.47 Å². The van der Waals surface area contributed by atoms with E-state index in [4.69, 9.17) is 9.47 Å². The standard InChI is InChI=1S/C49H51NO2/c1-3-14-32(15-4-1)33-26-28-40-47(31-33)52-46-29-27-34(30-41(46)49(40)38-20-8-11-24-44(38)51-45-25-12-9-21-39(45)49)36-19-13-23-43-48(36)37-18-7-10-22-42(37)50(43)35-16-5-2-6-17-35/h3,5,7-8,10,13-16,18-20,22-23,27,29-30,33,35,38-39,44-45H,1-2,4,6,9,11-12,17,21,24-26,28,31H2. The Labute approximate surface area is 308 Å². The second-order valence-corrected chi connectivity index (χ2v) is 16.9. The fourth-order valence-corrected chi connectivity index (χ4v) is 12.2. The number of nitrogens with zero attached hydrogens (tertiary/aromatic N) is 1. The molecule has 1 saturated heterocycles. The van der Waals surface area contributed by atoms with Gasteiger partial charge in [0.25, 0.3) is 0 Å². The molecular formula is C49H51NO2. The number of hydrogen-bond donors (Lipinski definition) is 0. The van der Waals surface area contributed by atoms with E-state index in [2.05, 4.69) is 108 Å². The van der Waals surface area contributed by atoms with E-state index in [0.29, 0.717) is 29.9 Å². The van der Waals surface area contributed by atoms with E-state index in [9.17, 15) is 0 Å². The van der Waals surface area contributed by atoms with Crippen molar-refractivity contribution in [2.45, 2.75) is 114 Å². The molecule has 3 heteroatoms. The largest absolute Gasteiger partial charge is 0.461 e. The normalized spacial score (nSPS) is 32.3. The topological polar surface area (TPSA) is 23.4 Å². The lowest BCUT2D eigenvalue weighted by Crippen LogP contribution is -2.61. The van der Waals surface area contributed by atoms with Gasteiger partial charge < -0.3 is 14.0 Å². The lowest BCUT2D eigenvalue weighted by molar-refractivity contribution is -0.157. The number of aromatic nitrogens is 1. The summed E-state index contributed by atoms with van der Waals surface area (Å²) in [6.45, 7) is 0. The molecule has 0 N–H and O–H groups in total. The van der Waals surface area contributed by atoms with E-state index < -0.39 is 0 Å². The van der Waals surface area contributed by atoms with Gasteiger partial charge in [-0.3, -0.25) is 0 Å². The number of para-hydroxylation sites is 1. The minimum absolute atomic E-state index is 0.0968. The van der Waals surface area contributed by atoms with Gasteiger partial charge >= 0.3 is 0 Å². The van der Waals surface area contributed by atoms with Crippen LogP contribution >= 0.6 is 0 Å². The highest BCUT2D eigenvalue weighted by Crippen LogP contribution is 2.64. The van der Waals surface area contributed by atoms with Crippen molar-refractivity contribution in [1.29, 1.82) is 0 Å². The molecule has 264 valence electrons. The second kappa shape index (κ2) is 12.5. The molecule has 7 unspecified atom stereocenters. The maximum Gasteiger partial charge on any atom is 0.131 e. The van der Waals surface area contributed by atoms with Crippen LogP contribution in [0.3, 0.4) is 0 Å². The zero-order chi connectivity index (χ0) is 34.2. The molecule has 1 aromatic heterocycles. The summed E-state index contributed by atoms with van der Waals surface area (Å²) < 4.78 is 17.0. The van der Waals surface area contributed by atoms with E-state index >= 15 is 0 Å². The molecule has 3 heterocycles. The first kappa shape index (κ1) is 31.4. The van der Waals surface area contributed by atoms with Crippen LogP contribution in [0, 0.1) is 17.8 Å². The SMILES string of the molecule is C1=CC(C2CCC3=C(C2)Oc2ccc(-c4cccc5c4c4ccccc4n5C4C=CCCC4)cc2C32C3C=CCCC3OC3CCCCC32)=CCC1. The summed E-state index contributed by atoms with van der Waals surface area (Å²) in [7, 11) is 0. The van der Waals surface area contributed by atoms with Crippen molar-refractivity contribution in [2.24, 2.45) is 17.8 Å². The lowest BCUT2D eigenvalue weighted by atomic mass is 9.49. The Morgan fingerprint density at radius 3 is 2.58 bits per heavy atom. The van der Waals surface area contributed by atoms with Gasteiger partial charge in [-0.1, -0.05) is 91.8 Å². The van der Waals surface area contributed by atoms with Gasteiger partial charge in [0.1, 0.15) is 11.5 Å². The fourth-order valence-electron chi connectivity index (χ4n) is 12.2. The summed E-state index contributed by atoms with van der Waals surface area (Å²) in [5.41, 5.74) is 9.85. The Hall–Kier alpha value is -4.08. The average molecular weight is 686 g/mol. The Balaban J connectivity index is 1.13. The van der Waals surface area contributed by atoms with Crippen LogP contribution in [-0.4, -0.2) is 16.8 Å². The summed E-state index contributed by atoms with van der Waals surface area (Å²) in [4.78, 5) is 0. The van der Waals surface area contributed by atoms with Crippen LogP contribution in [0.2, 0.25) is 0 Å². The predicted octanol–water partition coefficient (Wildman–Crippen LogP) is 12.6. The van der Waals surface area contributed by atoms with Crippen molar-refractivity contribution in [3.8, 4) is 16.9 Å². The minimum atomic E-state index is -0.0968. The average Bonchev–Trinajstić information content (AvgIpc) is 3.56. The molecular weight excluding hydrogens is 635 g/mol. The molecule has 2 fully saturated rings. The number of benzene rings is 3. The first-order chi connectivity index (χ1) is 25.8. The fraction of sp³-hybridized carbons (Fsp3) is 0.429. The van der Waals surface area contributed by atoms with E-state index in [1.54, 1.807) is 5.57 Å². The van der Waals surface area contributed by atoms with Crippen LogP contribution in [0.5, 0.6) is 5.75 Å². The van der Waals surface area contributed by atoms with Crippen LogP contribution in [0.1, 0.15) is 101 Å². The maximum absolute atomic E-state index is 7.23. The highest BCUT2D eigenvalue weighted by molar-refractivity contribution is 6.15. The molecule has 0 radical (unpaired) electrons. The first-order valence-electron chi connectivity index (χ1n) is 20.7. The molecule has 5 aliphatic carbocycles. The molecule has 4 aromatic rings. The van der Waals surface area contributed by atoms with Gasteiger partial charge in [0.05, 0.1) is 23.8 Å². The highest BCUT2D eigenvalue weighted by atomic mass is 16.5. The Kier molecular flexibility index (Phi) is 7.57. The monoisotopic (exact) mass is 685 g/mol. The number of allylic oxidation sites excluding steroid dienone is 9. The van der Waals surface area contributed by atoms with E-state index in [1.165, 1.54) is 114 Å². The molecule has 52 heavy (non-hydrogen) atoms. The Morgan fingerprint density at radius 1 is 0.731 bits per heavy atom. The van der Waals surface area contributed by atoms with E-state index in [1.807, 2.05) is 0 Å². The molecule has 7 aliphatic rings. The maximum atomic E-state index is 7.23. The third-order valence-electron chi connectivity index (χ3n) is 14.3. The van der Waals surface area contributed by atoms with Crippen LogP contribution in [-0.2, 0) is 10.2 Å². The first-order valence-corrected chi connectivity index (χ1v) is 20.7. The number of rotatable bonds is 3. The summed E-state index contributed by atoms with van der Waals surface area (Å²) in [6, 6.07) is 23.9.